The van der Waals surface area contributed by atoms with Gasteiger partial charge in [0.15, 0.2) is 17.5 Å². The molecule has 2 aromatic carbocycles. The van der Waals surface area contributed by atoms with Gasteiger partial charge in [-0.05, 0) is 47.9 Å². The molecule has 0 fully saturated rings. The van der Waals surface area contributed by atoms with Gasteiger partial charge in [-0.1, -0.05) is 0 Å². The zero-order valence-corrected chi connectivity index (χ0v) is 10.1. The molecule has 0 aromatic heterocycles. The van der Waals surface area contributed by atoms with Gasteiger partial charge in [0.05, 0.1) is 0 Å². The van der Waals surface area contributed by atoms with Crippen molar-refractivity contribution in [2.75, 3.05) is 0 Å². The Morgan fingerprint density at radius 1 is 0.850 bits per heavy atom. The molecule has 1 unspecified atom stereocenters. The standard InChI is InChI=1S/C14H10F5N/c15-9-1-2-10(16)7(3-9)6-13(20)8-4-11(17)14(19)12(18)5-8/h1-5,13H,6,20H2. The highest BCUT2D eigenvalue weighted by Gasteiger charge is 2.16. The van der Waals surface area contributed by atoms with E-state index in [0.29, 0.717) is 0 Å². The third kappa shape index (κ3) is 2.96. The van der Waals surface area contributed by atoms with Crippen LogP contribution in [0.4, 0.5) is 22.0 Å². The molecule has 0 saturated carbocycles. The highest BCUT2D eigenvalue weighted by atomic mass is 19.2. The summed E-state index contributed by atoms with van der Waals surface area (Å²) in [6, 6.07) is 3.31. The zero-order chi connectivity index (χ0) is 14.9. The number of rotatable bonds is 3. The minimum Gasteiger partial charge on any atom is -0.324 e. The van der Waals surface area contributed by atoms with E-state index in [0.717, 1.165) is 30.3 Å². The number of hydrogen-bond acceptors (Lipinski definition) is 1. The Labute approximate surface area is 111 Å². The minimum absolute atomic E-state index is 0.0253. The van der Waals surface area contributed by atoms with Crippen molar-refractivity contribution < 1.29 is 22.0 Å². The third-order valence-electron chi connectivity index (χ3n) is 2.88. The maximum atomic E-state index is 13.4. The molecule has 1 nitrogen and oxygen atoms in total. The quantitative estimate of drug-likeness (QED) is 0.677. The molecule has 20 heavy (non-hydrogen) atoms. The molecule has 0 spiro atoms. The van der Waals surface area contributed by atoms with Gasteiger partial charge >= 0.3 is 0 Å². The summed E-state index contributed by atoms with van der Waals surface area (Å²) in [7, 11) is 0. The molecule has 0 aliphatic heterocycles. The summed E-state index contributed by atoms with van der Waals surface area (Å²) in [4.78, 5) is 0. The van der Waals surface area contributed by atoms with Crippen LogP contribution in [0.3, 0.4) is 0 Å². The molecule has 106 valence electrons. The van der Waals surface area contributed by atoms with Crippen molar-refractivity contribution in [2.24, 2.45) is 5.73 Å². The molecule has 0 amide bonds. The van der Waals surface area contributed by atoms with Crippen LogP contribution in [0.1, 0.15) is 17.2 Å². The highest BCUT2D eigenvalue weighted by Crippen LogP contribution is 2.22. The first-order valence-electron chi connectivity index (χ1n) is 5.72. The molecule has 6 heteroatoms. The Balaban J connectivity index is 2.28. The fourth-order valence-corrected chi connectivity index (χ4v) is 1.84. The van der Waals surface area contributed by atoms with Crippen molar-refractivity contribution >= 4 is 0 Å². The Kier molecular flexibility index (Phi) is 4.04. The normalized spacial score (nSPS) is 12.5. The number of halogens is 5. The van der Waals surface area contributed by atoms with Crippen molar-refractivity contribution in [2.45, 2.75) is 12.5 Å². The van der Waals surface area contributed by atoms with Gasteiger partial charge in [0.2, 0.25) is 0 Å². The minimum atomic E-state index is -1.60. The molecule has 0 aliphatic rings. The third-order valence-corrected chi connectivity index (χ3v) is 2.88. The van der Waals surface area contributed by atoms with Crippen LogP contribution in [0.2, 0.25) is 0 Å². The van der Waals surface area contributed by atoms with E-state index < -0.39 is 35.1 Å². The van der Waals surface area contributed by atoms with Crippen molar-refractivity contribution in [1.82, 2.24) is 0 Å². The maximum absolute atomic E-state index is 13.4. The lowest BCUT2D eigenvalue weighted by Gasteiger charge is -2.13. The van der Waals surface area contributed by atoms with E-state index in [2.05, 4.69) is 0 Å². The van der Waals surface area contributed by atoms with Gasteiger partial charge in [0.1, 0.15) is 11.6 Å². The van der Waals surface area contributed by atoms with Gasteiger partial charge in [-0.2, -0.15) is 0 Å². The first-order valence-corrected chi connectivity index (χ1v) is 5.72. The molecular weight excluding hydrogens is 277 g/mol. The van der Waals surface area contributed by atoms with Gasteiger partial charge in [0.25, 0.3) is 0 Å². The van der Waals surface area contributed by atoms with Crippen LogP contribution in [-0.2, 0) is 6.42 Å². The van der Waals surface area contributed by atoms with E-state index in [9.17, 15) is 22.0 Å². The summed E-state index contributed by atoms with van der Waals surface area (Å²) in [5.74, 6) is -5.68. The van der Waals surface area contributed by atoms with Crippen LogP contribution >= 0.6 is 0 Å². The van der Waals surface area contributed by atoms with Crippen LogP contribution < -0.4 is 5.73 Å². The van der Waals surface area contributed by atoms with Crippen LogP contribution in [0, 0.1) is 29.1 Å². The molecule has 2 aromatic rings. The van der Waals surface area contributed by atoms with Crippen molar-refractivity contribution in [1.29, 1.82) is 0 Å². The summed E-state index contributed by atoms with van der Waals surface area (Å²) < 4.78 is 65.4. The first-order chi connectivity index (χ1) is 9.38. The molecule has 0 heterocycles. The summed E-state index contributed by atoms with van der Waals surface area (Å²) in [6.45, 7) is 0. The SMILES string of the molecule is NC(Cc1cc(F)ccc1F)c1cc(F)c(F)c(F)c1. The molecule has 0 bridgehead atoms. The van der Waals surface area contributed by atoms with Crippen molar-refractivity contribution in [3.63, 3.8) is 0 Å². The van der Waals surface area contributed by atoms with E-state index in [4.69, 9.17) is 5.73 Å². The van der Waals surface area contributed by atoms with Crippen LogP contribution in [0.25, 0.3) is 0 Å². The lowest BCUT2D eigenvalue weighted by Crippen LogP contribution is -2.15. The number of nitrogens with two attached hydrogens (primary N) is 1. The molecule has 0 saturated heterocycles. The average molecular weight is 287 g/mol. The molecule has 2 N–H and O–H groups in total. The fraction of sp³-hybridized carbons (Fsp3) is 0.143. The van der Waals surface area contributed by atoms with E-state index in [1.54, 1.807) is 0 Å². The average Bonchev–Trinajstić information content (AvgIpc) is 2.39. The zero-order valence-electron chi connectivity index (χ0n) is 10.1. The summed E-state index contributed by atoms with van der Waals surface area (Å²) in [6.07, 6.45) is -0.173. The van der Waals surface area contributed by atoms with Gasteiger partial charge in [-0.3, -0.25) is 0 Å². The van der Waals surface area contributed by atoms with Gasteiger partial charge in [-0.25, -0.2) is 22.0 Å². The number of hydrogen-bond donors (Lipinski definition) is 1. The monoisotopic (exact) mass is 287 g/mol. The second-order valence-corrected chi connectivity index (χ2v) is 4.34. The highest BCUT2D eigenvalue weighted by molar-refractivity contribution is 5.26. The Bertz CT molecular complexity index is 618. The van der Waals surface area contributed by atoms with Crippen LogP contribution in [0.15, 0.2) is 30.3 Å². The maximum Gasteiger partial charge on any atom is 0.194 e. The van der Waals surface area contributed by atoms with Gasteiger partial charge < -0.3 is 5.73 Å². The summed E-state index contributed by atoms with van der Waals surface area (Å²) in [5, 5.41) is 0. The van der Waals surface area contributed by atoms with Crippen LogP contribution in [-0.4, -0.2) is 0 Å². The van der Waals surface area contributed by atoms with Gasteiger partial charge in [-0.15, -0.1) is 0 Å². The lowest BCUT2D eigenvalue weighted by molar-refractivity contribution is 0.443. The van der Waals surface area contributed by atoms with Crippen molar-refractivity contribution in [3.8, 4) is 0 Å². The Hall–Kier alpha value is -1.95. The molecule has 1 atom stereocenters. The molecule has 2 rings (SSSR count). The Morgan fingerprint density at radius 2 is 1.45 bits per heavy atom. The van der Waals surface area contributed by atoms with E-state index in [1.165, 1.54) is 0 Å². The van der Waals surface area contributed by atoms with E-state index in [-0.39, 0.29) is 17.5 Å². The topological polar surface area (TPSA) is 26.0 Å². The smallest absolute Gasteiger partial charge is 0.194 e. The fourth-order valence-electron chi connectivity index (χ4n) is 1.84. The summed E-state index contributed by atoms with van der Waals surface area (Å²) >= 11 is 0. The largest absolute Gasteiger partial charge is 0.324 e. The molecule has 0 aliphatic carbocycles. The predicted molar refractivity (Wildman–Crippen MR) is 63.3 cm³/mol. The first kappa shape index (κ1) is 14.5. The lowest BCUT2D eigenvalue weighted by atomic mass is 9.99. The molecular formula is C14H10F5N. The molecule has 0 radical (unpaired) electrons. The number of benzene rings is 2. The van der Waals surface area contributed by atoms with Gasteiger partial charge in [0, 0.05) is 6.04 Å². The van der Waals surface area contributed by atoms with E-state index >= 15 is 0 Å². The predicted octanol–water partition coefficient (Wildman–Crippen LogP) is 3.62. The second-order valence-electron chi connectivity index (χ2n) is 4.34. The summed E-state index contributed by atoms with van der Waals surface area (Å²) in [5.41, 5.74) is 5.63. The van der Waals surface area contributed by atoms with Crippen LogP contribution in [0.5, 0.6) is 0 Å². The second kappa shape index (κ2) is 5.58. The Morgan fingerprint density at radius 3 is 2.05 bits per heavy atom. The van der Waals surface area contributed by atoms with Crippen molar-refractivity contribution in [3.05, 3.63) is 70.5 Å². The van der Waals surface area contributed by atoms with E-state index in [1.807, 2.05) is 0 Å².